The fourth-order valence-electron chi connectivity index (χ4n) is 3.53. The zero-order valence-corrected chi connectivity index (χ0v) is 22.2. The van der Waals surface area contributed by atoms with E-state index >= 15 is 0 Å². The Morgan fingerprint density at radius 1 is 1.08 bits per heavy atom. The minimum absolute atomic E-state index is 0.0678. The molecule has 1 heterocycles. The molecule has 202 valence electrons. The van der Waals surface area contributed by atoms with Crippen LogP contribution in [0.2, 0.25) is 5.02 Å². The van der Waals surface area contributed by atoms with Crippen LogP contribution in [0.25, 0.3) is 0 Å². The van der Waals surface area contributed by atoms with Gasteiger partial charge in [-0.25, -0.2) is 4.98 Å². The predicted molar refractivity (Wildman–Crippen MR) is 140 cm³/mol. The molecule has 0 aliphatic carbocycles. The number of carbonyl (C=O) groups excluding carboxylic acids is 3. The summed E-state index contributed by atoms with van der Waals surface area (Å²) in [5.74, 6) is -1.15. The topological polar surface area (TPSA) is 91.4 Å². The summed E-state index contributed by atoms with van der Waals surface area (Å²) in [7, 11) is 0. The summed E-state index contributed by atoms with van der Waals surface area (Å²) in [4.78, 5) is 43.6. The summed E-state index contributed by atoms with van der Waals surface area (Å²) in [5, 5.41) is 7.36. The van der Waals surface area contributed by atoms with Gasteiger partial charge in [0.2, 0.25) is 11.8 Å². The summed E-state index contributed by atoms with van der Waals surface area (Å²) in [5.41, 5.74) is 0.217. The third-order valence-electron chi connectivity index (χ3n) is 5.20. The normalized spacial score (nSPS) is 11.3. The first-order valence-corrected chi connectivity index (χ1v) is 12.9. The SMILES string of the molecule is CC(C)CN(CC(=O)Nc1nc(CC(=O)NCc2cccc(C(F)(F)F)c2)cs1)C(=O)c1ccccc1Cl. The number of benzene rings is 2. The van der Waals surface area contributed by atoms with E-state index < -0.39 is 23.6 Å². The van der Waals surface area contributed by atoms with E-state index in [4.69, 9.17) is 11.6 Å². The number of thiazole rings is 1. The third-order valence-corrected chi connectivity index (χ3v) is 6.33. The minimum Gasteiger partial charge on any atom is -0.352 e. The van der Waals surface area contributed by atoms with Crippen molar-refractivity contribution in [3.63, 3.8) is 0 Å². The Balaban J connectivity index is 1.55. The number of alkyl halides is 3. The van der Waals surface area contributed by atoms with Gasteiger partial charge in [0, 0.05) is 18.5 Å². The number of hydrogen-bond donors (Lipinski definition) is 2. The highest BCUT2D eigenvalue weighted by Crippen LogP contribution is 2.29. The number of anilines is 1. The van der Waals surface area contributed by atoms with Crippen molar-refractivity contribution in [2.75, 3.05) is 18.4 Å². The van der Waals surface area contributed by atoms with E-state index in [0.29, 0.717) is 28.4 Å². The summed E-state index contributed by atoms with van der Waals surface area (Å²) in [6.45, 7) is 3.91. The summed E-state index contributed by atoms with van der Waals surface area (Å²) < 4.78 is 38.6. The average Bonchev–Trinajstić information content (AvgIpc) is 3.27. The van der Waals surface area contributed by atoms with E-state index in [1.54, 1.807) is 29.6 Å². The van der Waals surface area contributed by atoms with Gasteiger partial charge in [-0.3, -0.25) is 14.4 Å². The van der Waals surface area contributed by atoms with Crippen molar-refractivity contribution in [3.05, 3.63) is 81.3 Å². The Hall–Kier alpha value is -3.44. The van der Waals surface area contributed by atoms with E-state index in [1.165, 1.54) is 17.0 Å². The van der Waals surface area contributed by atoms with E-state index in [9.17, 15) is 27.6 Å². The number of nitrogens with zero attached hydrogens (tertiary/aromatic N) is 2. The molecule has 0 atom stereocenters. The van der Waals surface area contributed by atoms with Crippen molar-refractivity contribution in [1.82, 2.24) is 15.2 Å². The number of halogens is 4. The molecule has 3 rings (SSSR count). The lowest BCUT2D eigenvalue weighted by atomic mass is 10.1. The van der Waals surface area contributed by atoms with Crippen LogP contribution in [-0.2, 0) is 28.7 Å². The van der Waals surface area contributed by atoms with Crippen LogP contribution < -0.4 is 10.6 Å². The van der Waals surface area contributed by atoms with Gasteiger partial charge in [-0.05, 0) is 35.7 Å². The fourth-order valence-corrected chi connectivity index (χ4v) is 4.47. The van der Waals surface area contributed by atoms with Crippen LogP contribution in [0.4, 0.5) is 18.3 Å². The van der Waals surface area contributed by atoms with Crippen LogP contribution in [0, 0.1) is 5.92 Å². The molecule has 38 heavy (non-hydrogen) atoms. The smallest absolute Gasteiger partial charge is 0.352 e. The van der Waals surface area contributed by atoms with Gasteiger partial charge in [-0.15, -0.1) is 11.3 Å². The Morgan fingerprint density at radius 2 is 1.82 bits per heavy atom. The van der Waals surface area contributed by atoms with Gasteiger partial charge in [0.05, 0.1) is 28.3 Å². The van der Waals surface area contributed by atoms with E-state index in [0.717, 1.165) is 23.5 Å². The van der Waals surface area contributed by atoms with Crippen molar-refractivity contribution < 1.29 is 27.6 Å². The molecular weight excluding hydrogens is 541 g/mol. The van der Waals surface area contributed by atoms with E-state index in [-0.39, 0.29) is 36.5 Å². The maximum atomic E-state index is 13.0. The minimum atomic E-state index is -4.46. The van der Waals surface area contributed by atoms with Gasteiger partial charge in [-0.1, -0.05) is 49.7 Å². The highest BCUT2D eigenvalue weighted by molar-refractivity contribution is 7.13. The lowest BCUT2D eigenvalue weighted by Crippen LogP contribution is -2.40. The van der Waals surface area contributed by atoms with Crippen molar-refractivity contribution >= 4 is 45.8 Å². The maximum Gasteiger partial charge on any atom is 0.416 e. The summed E-state index contributed by atoms with van der Waals surface area (Å²) in [6, 6.07) is 11.3. The number of nitrogens with one attached hydrogen (secondary N) is 2. The molecule has 0 fully saturated rings. The van der Waals surface area contributed by atoms with E-state index in [2.05, 4.69) is 15.6 Å². The predicted octanol–water partition coefficient (Wildman–Crippen LogP) is 5.41. The van der Waals surface area contributed by atoms with Crippen LogP contribution in [0.5, 0.6) is 0 Å². The summed E-state index contributed by atoms with van der Waals surface area (Å²) >= 11 is 7.27. The lowest BCUT2D eigenvalue weighted by Gasteiger charge is -2.24. The average molecular weight is 567 g/mol. The second-order valence-corrected chi connectivity index (χ2v) is 10.2. The second kappa shape index (κ2) is 12.9. The molecule has 0 bridgehead atoms. The van der Waals surface area contributed by atoms with Crippen LogP contribution in [-0.4, -0.2) is 40.7 Å². The van der Waals surface area contributed by atoms with Crippen LogP contribution in [0.1, 0.15) is 41.0 Å². The Labute approximate surface area is 227 Å². The molecule has 2 aromatic carbocycles. The van der Waals surface area contributed by atoms with Crippen LogP contribution >= 0.6 is 22.9 Å². The standard InChI is InChI=1S/C26H26ClF3N4O3S/c1-16(2)13-34(24(37)20-8-3-4-9-21(20)27)14-23(36)33-25-32-19(15-38-25)11-22(35)31-12-17-6-5-7-18(10-17)26(28,29)30/h3-10,15-16H,11-14H2,1-2H3,(H,31,35)(H,32,33,36). The number of amides is 3. The third kappa shape index (κ3) is 8.56. The molecule has 0 radical (unpaired) electrons. The van der Waals surface area contributed by atoms with Gasteiger partial charge in [0.1, 0.15) is 6.54 Å². The largest absolute Gasteiger partial charge is 0.416 e. The van der Waals surface area contributed by atoms with Gasteiger partial charge in [0.25, 0.3) is 5.91 Å². The number of rotatable bonds is 10. The molecule has 1 aromatic heterocycles. The maximum absolute atomic E-state index is 13.0. The highest BCUT2D eigenvalue weighted by atomic mass is 35.5. The molecule has 3 aromatic rings. The second-order valence-electron chi connectivity index (χ2n) is 8.90. The van der Waals surface area contributed by atoms with Crippen molar-refractivity contribution in [2.45, 2.75) is 33.0 Å². The van der Waals surface area contributed by atoms with Crippen molar-refractivity contribution in [3.8, 4) is 0 Å². The molecule has 7 nitrogen and oxygen atoms in total. The Kier molecular flexibility index (Phi) is 9.87. The number of hydrogen-bond acceptors (Lipinski definition) is 5. The molecule has 3 amide bonds. The quantitative estimate of drug-likeness (QED) is 0.343. The van der Waals surface area contributed by atoms with Crippen molar-refractivity contribution in [1.29, 1.82) is 0 Å². The molecule has 0 unspecified atom stereocenters. The van der Waals surface area contributed by atoms with Crippen LogP contribution in [0.15, 0.2) is 53.9 Å². The Morgan fingerprint density at radius 3 is 2.50 bits per heavy atom. The Bertz CT molecular complexity index is 1300. The lowest BCUT2D eigenvalue weighted by molar-refractivity contribution is -0.137. The number of carbonyl (C=O) groups is 3. The molecular formula is C26H26ClF3N4O3S. The summed E-state index contributed by atoms with van der Waals surface area (Å²) in [6.07, 6.45) is -4.58. The highest BCUT2D eigenvalue weighted by Gasteiger charge is 2.30. The zero-order valence-electron chi connectivity index (χ0n) is 20.6. The van der Waals surface area contributed by atoms with E-state index in [1.807, 2.05) is 13.8 Å². The monoisotopic (exact) mass is 566 g/mol. The molecule has 0 saturated heterocycles. The van der Waals surface area contributed by atoms with Crippen molar-refractivity contribution in [2.24, 2.45) is 5.92 Å². The molecule has 0 aliphatic heterocycles. The fraction of sp³-hybridized carbons (Fsp3) is 0.308. The zero-order chi connectivity index (χ0) is 27.9. The van der Waals surface area contributed by atoms with Gasteiger partial charge < -0.3 is 15.5 Å². The van der Waals surface area contributed by atoms with Gasteiger partial charge in [-0.2, -0.15) is 13.2 Å². The molecule has 12 heteroatoms. The molecule has 2 N–H and O–H groups in total. The molecule has 0 saturated carbocycles. The van der Waals surface area contributed by atoms with Crippen LogP contribution in [0.3, 0.4) is 0 Å². The molecule has 0 aliphatic rings. The number of aromatic nitrogens is 1. The van der Waals surface area contributed by atoms with Gasteiger partial charge >= 0.3 is 6.18 Å². The first-order valence-electron chi connectivity index (χ1n) is 11.6. The van der Waals surface area contributed by atoms with Gasteiger partial charge in [0.15, 0.2) is 5.13 Å². The first kappa shape index (κ1) is 29.1. The molecule has 0 spiro atoms. The first-order chi connectivity index (χ1) is 17.9.